The average molecular weight is 305 g/mol. The van der Waals surface area contributed by atoms with Crippen LogP contribution in [-0.2, 0) is 12.8 Å². The van der Waals surface area contributed by atoms with Crippen LogP contribution in [0.4, 0.5) is 8.78 Å². The molecule has 0 amide bonds. The van der Waals surface area contributed by atoms with Crippen molar-refractivity contribution in [1.29, 1.82) is 0 Å². The van der Waals surface area contributed by atoms with Crippen molar-refractivity contribution in [3.05, 3.63) is 71.8 Å². The Bertz CT molecular complexity index is 560. The summed E-state index contributed by atoms with van der Waals surface area (Å²) in [5.41, 5.74) is 7.44. The number of nitrogens with two attached hydrogens (primary N) is 1. The van der Waals surface area contributed by atoms with E-state index in [-0.39, 0.29) is 12.8 Å². The molecule has 0 fully saturated rings. The SMILES string of the molecule is N[C@@H](Cc1ccccc1)C(O)C(F)(F)CCc1ccccc1. The topological polar surface area (TPSA) is 46.2 Å². The molecule has 0 aromatic heterocycles. The van der Waals surface area contributed by atoms with Gasteiger partial charge in [0.2, 0.25) is 0 Å². The Balaban J connectivity index is 1.92. The highest BCUT2D eigenvalue weighted by Gasteiger charge is 2.41. The molecule has 2 rings (SSSR count). The van der Waals surface area contributed by atoms with Gasteiger partial charge in [0.15, 0.2) is 0 Å². The summed E-state index contributed by atoms with van der Waals surface area (Å²) in [5, 5.41) is 9.91. The summed E-state index contributed by atoms with van der Waals surface area (Å²) in [6.45, 7) is 0. The molecule has 0 aliphatic heterocycles. The first kappa shape index (κ1) is 16.6. The normalized spacial score (nSPS) is 14.5. The molecule has 0 spiro atoms. The van der Waals surface area contributed by atoms with Gasteiger partial charge in [-0.1, -0.05) is 60.7 Å². The van der Waals surface area contributed by atoms with Crippen molar-refractivity contribution < 1.29 is 13.9 Å². The van der Waals surface area contributed by atoms with Crippen LogP contribution in [0.25, 0.3) is 0 Å². The molecule has 22 heavy (non-hydrogen) atoms. The summed E-state index contributed by atoms with van der Waals surface area (Å²) in [5.74, 6) is -3.20. The molecule has 0 saturated heterocycles. The molecule has 2 nitrogen and oxygen atoms in total. The van der Waals surface area contributed by atoms with Crippen LogP contribution in [-0.4, -0.2) is 23.2 Å². The molecule has 0 saturated carbocycles. The minimum Gasteiger partial charge on any atom is -0.385 e. The van der Waals surface area contributed by atoms with Gasteiger partial charge < -0.3 is 10.8 Å². The number of rotatable bonds is 7. The van der Waals surface area contributed by atoms with Crippen molar-refractivity contribution in [2.75, 3.05) is 0 Å². The largest absolute Gasteiger partial charge is 0.385 e. The highest BCUT2D eigenvalue weighted by Crippen LogP contribution is 2.27. The van der Waals surface area contributed by atoms with E-state index in [2.05, 4.69) is 0 Å². The lowest BCUT2D eigenvalue weighted by atomic mass is 9.94. The lowest BCUT2D eigenvalue weighted by Gasteiger charge is -2.27. The third-order valence-electron chi connectivity index (χ3n) is 3.74. The summed E-state index contributed by atoms with van der Waals surface area (Å²) >= 11 is 0. The second kappa shape index (κ2) is 7.47. The predicted octanol–water partition coefficient (Wildman–Crippen LogP) is 3.19. The summed E-state index contributed by atoms with van der Waals surface area (Å²) in [6, 6.07) is 17.2. The van der Waals surface area contributed by atoms with Crippen molar-refractivity contribution >= 4 is 0 Å². The van der Waals surface area contributed by atoms with Gasteiger partial charge in [0.1, 0.15) is 6.10 Å². The minimum atomic E-state index is -3.20. The van der Waals surface area contributed by atoms with Crippen LogP contribution in [0.15, 0.2) is 60.7 Å². The molecule has 3 N–H and O–H groups in total. The molecule has 2 atom stereocenters. The van der Waals surface area contributed by atoms with E-state index in [1.165, 1.54) is 0 Å². The second-order valence-electron chi connectivity index (χ2n) is 5.55. The first-order chi connectivity index (χ1) is 10.5. The summed E-state index contributed by atoms with van der Waals surface area (Å²) < 4.78 is 28.3. The Morgan fingerprint density at radius 2 is 1.41 bits per heavy atom. The highest BCUT2D eigenvalue weighted by atomic mass is 19.3. The fraction of sp³-hybridized carbons (Fsp3) is 0.333. The van der Waals surface area contributed by atoms with Crippen LogP contribution in [0.2, 0.25) is 0 Å². The van der Waals surface area contributed by atoms with E-state index < -0.39 is 24.5 Å². The number of aliphatic hydroxyl groups is 1. The van der Waals surface area contributed by atoms with Crippen molar-refractivity contribution in [3.63, 3.8) is 0 Å². The zero-order valence-electron chi connectivity index (χ0n) is 12.3. The second-order valence-corrected chi connectivity index (χ2v) is 5.55. The number of hydrogen-bond donors (Lipinski definition) is 2. The number of hydrogen-bond acceptors (Lipinski definition) is 2. The smallest absolute Gasteiger partial charge is 0.275 e. The molecule has 0 bridgehead atoms. The van der Waals surface area contributed by atoms with Crippen LogP contribution < -0.4 is 5.73 Å². The average Bonchev–Trinajstić information content (AvgIpc) is 2.54. The third-order valence-corrected chi connectivity index (χ3v) is 3.74. The molecule has 1 unspecified atom stereocenters. The first-order valence-electron chi connectivity index (χ1n) is 7.38. The molecule has 0 heterocycles. The Kier molecular flexibility index (Phi) is 5.63. The van der Waals surface area contributed by atoms with Gasteiger partial charge in [-0.3, -0.25) is 0 Å². The molecule has 4 heteroatoms. The van der Waals surface area contributed by atoms with Gasteiger partial charge in [-0.05, 0) is 24.0 Å². The summed E-state index contributed by atoms with van der Waals surface area (Å²) in [7, 11) is 0. The zero-order chi connectivity index (χ0) is 16.0. The van der Waals surface area contributed by atoms with Crippen LogP contribution in [0.3, 0.4) is 0 Å². The van der Waals surface area contributed by atoms with Crippen LogP contribution in [0, 0.1) is 0 Å². The molecule has 118 valence electrons. The van der Waals surface area contributed by atoms with E-state index in [1.807, 2.05) is 48.5 Å². The van der Waals surface area contributed by atoms with Crippen LogP contribution in [0.1, 0.15) is 17.5 Å². The Morgan fingerprint density at radius 3 is 1.95 bits per heavy atom. The maximum absolute atomic E-state index is 14.1. The number of alkyl halides is 2. The number of benzene rings is 2. The fourth-order valence-electron chi connectivity index (χ4n) is 2.41. The standard InChI is InChI=1S/C18H21F2NO/c19-18(20,12-11-14-7-3-1-4-8-14)17(22)16(21)13-15-9-5-2-6-10-15/h1-10,16-17,22H,11-13,21H2/t16-,17?/m0/s1. The van der Waals surface area contributed by atoms with Gasteiger partial charge in [-0.25, -0.2) is 8.78 Å². The lowest BCUT2D eigenvalue weighted by molar-refractivity contribution is -0.121. The van der Waals surface area contributed by atoms with Crippen LogP contribution in [0.5, 0.6) is 0 Å². The van der Waals surface area contributed by atoms with Gasteiger partial charge in [0.05, 0.1) is 0 Å². The van der Waals surface area contributed by atoms with E-state index in [1.54, 1.807) is 12.1 Å². The number of aryl methyl sites for hydroxylation is 1. The van der Waals surface area contributed by atoms with E-state index in [4.69, 9.17) is 5.73 Å². The minimum absolute atomic E-state index is 0.211. The Hall–Kier alpha value is -1.78. The van der Waals surface area contributed by atoms with Gasteiger partial charge >= 0.3 is 0 Å². The summed E-state index contributed by atoms with van der Waals surface area (Å²) in [4.78, 5) is 0. The monoisotopic (exact) mass is 305 g/mol. The maximum atomic E-state index is 14.1. The number of halogens is 2. The van der Waals surface area contributed by atoms with E-state index >= 15 is 0 Å². The van der Waals surface area contributed by atoms with E-state index in [0.717, 1.165) is 11.1 Å². The first-order valence-corrected chi connectivity index (χ1v) is 7.38. The molecule has 0 aliphatic rings. The zero-order valence-corrected chi connectivity index (χ0v) is 12.3. The highest BCUT2D eigenvalue weighted by molar-refractivity contribution is 5.17. The predicted molar refractivity (Wildman–Crippen MR) is 83.8 cm³/mol. The number of aliphatic hydroxyl groups excluding tert-OH is 1. The molecule has 2 aromatic rings. The maximum Gasteiger partial charge on any atom is 0.275 e. The fourth-order valence-corrected chi connectivity index (χ4v) is 2.41. The molecule has 0 radical (unpaired) electrons. The Labute approximate surface area is 129 Å². The quantitative estimate of drug-likeness (QED) is 0.825. The van der Waals surface area contributed by atoms with Gasteiger partial charge in [-0.2, -0.15) is 0 Å². The van der Waals surface area contributed by atoms with Gasteiger partial charge in [0.25, 0.3) is 5.92 Å². The lowest BCUT2D eigenvalue weighted by Crippen LogP contribution is -2.48. The van der Waals surface area contributed by atoms with Gasteiger partial charge in [0, 0.05) is 12.5 Å². The van der Waals surface area contributed by atoms with Gasteiger partial charge in [-0.15, -0.1) is 0 Å². The van der Waals surface area contributed by atoms with Crippen molar-refractivity contribution in [2.24, 2.45) is 5.73 Å². The van der Waals surface area contributed by atoms with E-state index in [9.17, 15) is 13.9 Å². The Morgan fingerprint density at radius 1 is 0.909 bits per heavy atom. The van der Waals surface area contributed by atoms with E-state index in [0.29, 0.717) is 0 Å². The molecule has 2 aromatic carbocycles. The van der Waals surface area contributed by atoms with Crippen LogP contribution >= 0.6 is 0 Å². The molecular weight excluding hydrogens is 284 g/mol. The third kappa shape index (κ3) is 4.61. The molecular formula is C18H21F2NO. The van der Waals surface area contributed by atoms with Crippen molar-refractivity contribution in [3.8, 4) is 0 Å². The van der Waals surface area contributed by atoms with Crippen molar-refractivity contribution in [2.45, 2.75) is 37.3 Å². The molecule has 0 aliphatic carbocycles. The van der Waals surface area contributed by atoms with Crippen molar-refractivity contribution in [1.82, 2.24) is 0 Å². The summed E-state index contributed by atoms with van der Waals surface area (Å²) in [6.07, 6.45) is -1.83.